The smallest absolute Gasteiger partial charge is 0.248 e. The number of carbonyl (C=O) groups excluding carboxylic acids is 1. The molecule has 0 bridgehead atoms. The van der Waals surface area contributed by atoms with Crippen LogP contribution < -0.4 is 5.32 Å². The van der Waals surface area contributed by atoms with Crippen LogP contribution in [0.15, 0.2) is 59.3 Å². The number of pyridine rings is 1. The molecule has 1 heterocycles. The third-order valence-electron chi connectivity index (χ3n) is 2.20. The zero-order valence-electron chi connectivity index (χ0n) is 9.51. The number of benzene rings is 1. The number of hydrogen-bond acceptors (Lipinski definition) is 2. The van der Waals surface area contributed by atoms with E-state index in [0.29, 0.717) is 0 Å². The molecule has 1 aromatic heterocycles. The van der Waals surface area contributed by atoms with Crippen LogP contribution in [0, 0.1) is 0 Å². The Morgan fingerprint density at radius 1 is 1.28 bits per heavy atom. The van der Waals surface area contributed by atoms with Crippen LogP contribution in [0.1, 0.15) is 5.56 Å². The summed E-state index contributed by atoms with van der Waals surface area (Å²) in [5.41, 5.74) is 1.65. The largest absolute Gasteiger partial charge is 0.322 e. The van der Waals surface area contributed by atoms with Crippen LogP contribution in [0.4, 0.5) is 5.69 Å². The Labute approximate surface area is 114 Å². The molecule has 3 nitrogen and oxygen atoms in total. The second kappa shape index (κ2) is 6.12. The monoisotopic (exact) mass is 302 g/mol. The molecule has 0 saturated heterocycles. The molecule has 1 N–H and O–H groups in total. The summed E-state index contributed by atoms with van der Waals surface area (Å²) in [5.74, 6) is -0.169. The van der Waals surface area contributed by atoms with Crippen molar-refractivity contribution < 1.29 is 4.79 Å². The van der Waals surface area contributed by atoms with E-state index in [2.05, 4.69) is 26.2 Å². The molecule has 0 fully saturated rings. The van der Waals surface area contributed by atoms with E-state index in [9.17, 15) is 4.79 Å². The average molecular weight is 303 g/mol. The zero-order valence-corrected chi connectivity index (χ0v) is 11.1. The first-order chi connectivity index (χ1) is 8.74. The molecule has 2 aromatic rings. The second-order valence-electron chi connectivity index (χ2n) is 3.62. The van der Waals surface area contributed by atoms with E-state index in [0.717, 1.165) is 15.7 Å². The molecule has 90 valence electrons. The number of halogens is 1. The normalized spacial score (nSPS) is 10.5. The van der Waals surface area contributed by atoms with Gasteiger partial charge in [-0.15, -0.1) is 0 Å². The van der Waals surface area contributed by atoms with E-state index in [4.69, 9.17) is 0 Å². The van der Waals surface area contributed by atoms with Gasteiger partial charge in [-0.25, -0.2) is 0 Å². The van der Waals surface area contributed by atoms with Crippen molar-refractivity contribution >= 4 is 33.6 Å². The number of anilines is 1. The lowest BCUT2D eigenvalue weighted by Gasteiger charge is -2.01. The summed E-state index contributed by atoms with van der Waals surface area (Å²) in [6, 6.07) is 11.2. The first-order valence-corrected chi connectivity index (χ1v) is 6.18. The lowest BCUT2D eigenvalue weighted by Crippen LogP contribution is -2.07. The van der Waals surface area contributed by atoms with Crippen LogP contribution in [0.2, 0.25) is 0 Å². The minimum Gasteiger partial charge on any atom is -0.322 e. The predicted molar refractivity (Wildman–Crippen MR) is 76.0 cm³/mol. The molecule has 0 aliphatic heterocycles. The van der Waals surface area contributed by atoms with Gasteiger partial charge >= 0.3 is 0 Å². The van der Waals surface area contributed by atoms with Gasteiger partial charge in [-0.3, -0.25) is 9.78 Å². The lowest BCUT2D eigenvalue weighted by atomic mass is 10.2. The summed E-state index contributed by atoms with van der Waals surface area (Å²) in [6.45, 7) is 0. The van der Waals surface area contributed by atoms with Crippen LogP contribution in [-0.2, 0) is 4.79 Å². The molecule has 0 atom stereocenters. The molecular formula is C14H11BrN2O. The SMILES string of the molecule is O=C(C=Cc1cccnc1)Nc1cccc(Br)c1. The Hall–Kier alpha value is -1.94. The van der Waals surface area contributed by atoms with Gasteiger partial charge in [-0.05, 0) is 35.9 Å². The van der Waals surface area contributed by atoms with Crippen LogP contribution in [0.5, 0.6) is 0 Å². The summed E-state index contributed by atoms with van der Waals surface area (Å²) in [6.07, 6.45) is 6.60. The summed E-state index contributed by atoms with van der Waals surface area (Å²) in [5, 5.41) is 2.78. The van der Waals surface area contributed by atoms with Crippen molar-refractivity contribution in [3.63, 3.8) is 0 Å². The highest BCUT2D eigenvalue weighted by atomic mass is 79.9. The van der Waals surface area contributed by atoms with Gasteiger partial charge in [0.15, 0.2) is 0 Å². The number of rotatable bonds is 3. The van der Waals surface area contributed by atoms with Gasteiger partial charge in [0.1, 0.15) is 0 Å². The number of aromatic nitrogens is 1. The molecular weight excluding hydrogens is 292 g/mol. The Bertz CT molecular complexity index is 567. The van der Waals surface area contributed by atoms with Crippen LogP contribution in [0.3, 0.4) is 0 Å². The average Bonchev–Trinajstić information content (AvgIpc) is 2.38. The summed E-state index contributed by atoms with van der Waals surface area (Å²) in [7, 11) is 0. The standard InChI is InChI=1S/C14H11BrN2O/c15-12-4-1-5-13(9-12)17-14(18)7-6-11-3-2-8-16-10-11/h1-10H,(H,17,18). The Morgan fingerprint density at radius 2 is 2.17 bits per heavy atom. The molecule has 2 rings (SSSR count). The van der Waals surface area contributed by atoms with Crippen molar-refractivity contribution in [1.82, 2.24) is 4.98 Å². The summed E-state index contributed by atoms with van der Waals surface area (Å²) < 4.78 is 0.927. The van der Waals surface area contributed by atoms with Crippen molar-refractivity contribution in [1.29, 1.82) is 0 Å². The van der Waals surface area contributed by atoms with Gasteiger partial charge in [0.2, 0.25) is 5.91 Å². The molecule has 0 spiro atoms. The maximum Gasteiger partial charge on any atom is 0.248 e. The molecule has 0 aliphatic carbocycles. The summed E-state index contributed by atoms with van der Waals surface area (Å²) in [4.78, 5) is 15.6. The van der Waals surface area contributed by atoms with Gasteiger partial charge in [0, 0.05) is 28.6 Å². The van der Waals surface area contributed by atoms with E-state index in [1.54, 1.807) is 18.5 Å². The van der Waals surface area contributed by atoms with Crippen molar-refractivity contribution in [2.75, 3.05) is 5.32 Å². The fourth-order valence-corrected chi connectivity index (χ4v) is 1.80. The summed E-state index contributed by atoms with van der Waals surface area (Å²) >= 11 is 3.35. The minimum absolute atomic E-state index is 0.169. The van der Waals surface area contributed by atoms with Crippen LogP contribution in [0.25, 0.3) is 6.08 Å². The Kier molecular flexibility index (Phi) is 4.25. The quantitative estimate of drug-likeness (QED) is 0.882. The fourth-order valence-electron chi connectivity index (χ4n) is 1.40. The van der Waals surface area contributed by atoms with Gasteiger partial charge in [0.25, 0.3) is 0 Å². The molecule has 0 radical (unpaired) electrons. The maximum atomic E-state index is 11.7. The van der Waals surface area contributed by atoms with E-state index < -0.39 is 0 Å². The van der Waals surface area contributed by atoms with Crippen molar-refractivity contribution in [3.8, 4) is 0 Å². The third kappa shape index (κ3) is 3.82. The van der Waals surface area contributed by atoms with E-state index in [1.165, 1.54) is 6.08 Å². The Balaban J connectivity index is 1.99. The number of carbonyl (C=O) groups is 1. The first kappa shape index (κ1) is 12.5. The number of hydrogen-bond donors (Lipinski definition) is 1. The van der Waals surface area contributed by atoms with Crippen molar-refractivity contribution in [2.24, 2.45) is 0 Å². The molecule has 4 heteroatoms. The topological polar surface area (TPSA) is 42.0 Å². The molecule has 0 saturated carbocycles. The fraction of sp³-hybridized carbons (Fsp3) is 0. The Morgan fingerprint density at radius 3 is 2.89 bits per heavy atom. The van der Waals surface area contributed by atoms with Gasteiger partial charge in [-0.1, -0.05) is 28.1 Å². The van der Waals surface area contributed by atoms with Gasteiger partial charge in [0.05, 0.1) is 0 Å². The van der Waals surface area contributed by atoms with Crippen molar-refractivity contribution in [2.45, 2.75) is 0 Å². The number of amides is 1. The molecule has 0 aliphatic rings. The highest BCUT2D eigenvalue weighted by molar-refractivity contribution is 9.10. The van der Waals surface area contributed by atoms with Crippen LogP contribution >= 0.6 is 15.9 Å². The molecule has 18 heavy (non-hydrogen) atoms. The first-order valence-electron chi connectivity index (χ1n) is 5.39. The molecule has 1 amide bonds. The third-order valence-corrected chi connectivity index (χ3v) is 2.70. The van der Waals surface area contributed by atoms with Crippen LogP contribution in [-0.4, -0.2) is 10.9 Å². The van der Waals surface area contributed by atoms with E-state index in [1.807, 2.05) is 36.4 Å². The predicted octanol–water partition coefficient (Wildman–Crippen LogP) is 3.50. The van der Waals surface area contributed by atoms with Crippen molar-refractivity contribution in [3.05, 3.63) is 64.9 Å². The van der Waals surface area contributed by atoms with Gasteiger partial charge < -0.3 is 5.32 Å². The lowest BCUT2D eigenvalue weighted by molar-refractivity contribution is -0.111. The molecule has 0 unspecified atom stereocenters. The van der Waals surface area contributed by atoms with E-state index in [-0.39, 0.29) is 5.91 Å². The molecule has 1 aromatic carbocycles. The van der Waals surface area contributed by atoms with E-state index >= 15 is 0 Å². The van der Waals surface area contributed by atoms with Gasteiger partial charge in [-0.2, -0.15) is 0 Å². The highest BCUT2D eigenvalue weighted by Gasteiger charge is 1.98. The number of nitrogens with one attached hydrogen (secondary N) is 1. The highest BCUT2D eigenvalue weighted by Crippen LogP contribution is 2.15. The maximum absolute atomic E-state index is 11.7. The minimum atomic E-state index is -0.169. The zero-order chi connectivity index (χ0) is 12.8. The second-order valence-corrected chi connectivity index (χ2v) is 4.53. The number of nitrogens with zero attached hydrogens (tertiary/aromatic N) is 1.